The maximum absolute atomic E-state index is 6.24. The van der Waals surface area contributed by atoms with Gasteiger partial charge in [-0.1, -0.05) is 18.2 Å². The summed E-state index contributed by atoms with van der Waals surface area (Å²) in [4.78, 5) is 4.37. The predicted octanol–water partition coefficient (Wildman–Crippen LogP) is 3.58. The third kappa shape index (κ3) is 2.88. The van der Waals surface area contributed by atoms with Crippen molar-refractivity contribution in [1.29, 1.82) is 0 Å². The Morgan fingerprint density at radius 1 is 1.16 bits per heavy atom. The van der Waals surface area contributed by atoms with Crippen molar-refractivity contribution >= 4 is 15.9 Å². The summed E-state index contributed by atoms with van der Waals surface area (Å²) in [6.07, 6.45) is 6.39. The molecule has 1 atom stereocenters. The number of aryl methyl sites for hydroxylation is 2. The quantitative estimate of drug-likeness (QED) is 0.940. The number of halogens is 1. The number of rotatable bonds is 3. The molecule has 2 aromatic rings. The molecule has 2 N–H and O–H groups in total. The summed E-state index contributed by atoms with van der Waals surface area (Å²) >= 11 is 3.39. The minimum absolute atomic E-state index is 0.0347. The van der Waals surface area contributed by atoms with Crippen molar-refractivity contribution in [2.75, 3.05) is 0 Å². The fraction of sp³-hybridized carbons (Fsp3) is 0.312. The van der Waals surface area contributed by atoms with E-state index in [1.54, 1.807) is 6.20 Å². The molecule has 0 saturated carbocycles. The maximum atomic E-state index is 6.24. The van der Waals surface area contributed by atoms with Gasteiger partial charge >= 0.3 is 0 Å². The number of pyridine rings is 1. The highest BCUT2D eigenvalue weighted by molar-refractivity contribution is 9.10. The smallest absolute Gasteiger partial charge is 0.0575 e. The largest absolute Gasteiger partial charge is 0.322 e. The second kappa shape index (κ2) is 5.43. The average molecular weight is 317 g/mol. The zero-order valence-electron chi connectivity index (χ0n) is 10.8. The van der Waals surface area contributed by atoms with Crippen molar-refractivity contribution in [2.24, 2.45) is 5.73 Å². The van der Waals surface area contributed by atoms with E-state index in [9.17, 15) is 0 Å². The molecule has 19 heavy (non-hydrogen) atoms. The number of nitrogens with two attached hydrogens (primary N) is 1. The van der Waals surface area contributed by atoms with Gasteiger partial charge in [-0.05, 0) is 70.4 Å². The first-order valence-electron chi connectivity index (χ1n) is 6.70. The Balaban J connectivity index is 1.75. The van der Waals surface area contributed by atoms with Gasteiger partial charge < -0.3 is 5.73 Å². The van der Waals surface area contributed by atoms with Crippen LogP contribution in [0, 0.1) is 0 Å². The van der Waals surface area contributed by atoms with Crippen molar-refractivity contribution in [3.63, 3.8) is 0 Å². The molecule has 1 aromatic carbocycles. The molecule has 1 aliphatic carbocycles. The summed E-state index contributed by atoms with van der Waals surface area (Å²) in [5, 5.41) is 0. The van der Waals surface area contributed by atoms with Crippen molar-refractivity contribution in [3.05, 3.63) is 63.4 Å². The van der Waals surface area contributed by atoms with Crippen LogP contribution in [0.1, 0.15) is 34.8 Å². The molecule has 3 heteroatoms. The van der Waals surface area contributed by atoms with Gasteiger partial charge in [0.1, 0.15) is 0 Å². The molecule has 98 valence electrons. The summed E-state index contributed by atoms with van der Waals surface area (Å²) < 4.78 is 0.987. The first-order valence-corrected chi connectivity index (χ1v) is 7.49. The molecule has 0 fully saturated rings. The van der Waals surface area contributed by atoms with E-state index in [4.69, 9.17) is 5.73 Å². The lowest BCUT2D eigenvalue weighted by atomic mass is 9.99. The number of hydrogen-bond donors (Lipinski definition) is 1. The van der Waals surface area contributed by atoms with Crippen LogP contribution in [0.15, 0.2) is 41.0 Å². The van der Waals surface area contributed by atoms with Crippen LogP contribution in [0.4, 0.5) is 0 Å². The minimum Gasteiger partial charge on any atom is -0.322 e. The number of aromatic nitrogens is 1. The van der Waals surface area contributed by atoms with Gasteiger partial charge in [0.2, 0.25) is 0 Å². The highest BCUT2D eigenvalue weighted by Crippen LogP contribution is 2.24. The Hall–Kier alpha value is -1.19. The van der Waals surface area contributed by atoms with Crippen LogP contribution in [0.2, 0.25) is 0 Å². The van der Waals surface area contributed by atoms with Crippen molar-refractivity contribution in [2.45, 2.75) is 31.7 Å². The van der Waals surface area contributed by atoms with Crippen molar-refractivity contribution in [3.8, 4) is 0 Å². The van der Waals surface area contributed by atoms with E-state index in [2.05, 4.69) is 39.1 Å². The van der Waals surface area contributed by atoms with Crippen LogP contribution >= 0.6 is 15.9 Å². The van der Waals surface area contributed by atoms with Crippen LogP contribution in [-0.4, -0.2) is 4.98 Å². The van der Waals surface area contributed by atoms with Gasteiger partial charge in [-0.25, -0.2) is 0 Å². The lowest BCUT2D eigenvalue weighted by molar-refractivity contribution is 0.695. The van der Waals surface area contributed by atoms with E-state index in [0.717, 1.165) is 16.6 Å². The van der Waals surface area contributed by atoms with E-state index >= 15 is 0 Å². The fourth-order valence-electron chi connectivity index (χ4n) is 2.72. The summed E-state index contributed by atoms with van der Waals surface area (Å²) in [5.74, 6) is 0. The topological polar surface area (TPSA) is 38.9 Å². The molecule has 0 saturated heterocycles. The van der Waals surface area contributed by atoms with E-state index in [1.165, 1.54) is 36.0 Å². The van der Waals surface area contributed by atoms with E-state index in [-0.39, 0.29) is 6.04 Å². The lowest BCUT2D eigenvalue weighted by Gasteiger charge is -2.12. The molecule has 0 aliphatic heterocycles. The van der Waals surface area contributed by atoms with E-state index in [0.29, 0.717) is 0 Å². The molecular formula is C16H17BrN2. The Labute approximate surface area is 122 Å². The molecule has 1 heterocycles. The molecule has 3 rings (SSSR count). The molecule has 0 amide bonds. The zero-order chi connectivity index (χ0) is 13.2. The van der Waals surface area contributed by atoms with Gasteiger partial charge in [-0.3, -0.25) is 4.98 Å². The zero-order valence-corrected chi connectivity index (χ0v) is 12.4. The van der Waals surface area contributed by atoms with E-state index in [1.807, 2.05) is 12.1 Å². The molecule has 1 unspecified atom stereocenters. The number of hydrogen-bond acceptors (Lipinski definition) is 2. The summed E-state index contributed by atoms with van der Waals surface area (Å²) in [5.41, 5.74) is 11.5. The molecule has 2 nitrogen and oxygen atoms in total. The number of fused-ring (bicyclic) bond motifs is 1. The van der Waals surface area contributed by atoms with Crippen LogP contribution in [0.5, 0.6) is 0 Å². The number of benzene rings is 1. The van der Waals surface area contributed by atoms with Crippen LogP contribution in [0.25, 0.3) is 0 Å². The summed E-state index contributed by atoms with van der Waals surface area (Å²) in [7, 11) is 0. The highest BCUT2D eigenvalue weighted by Gasteiger charge is 2.13. The third-order valence-electron chi connectivity index (χ3n) is 3.75. The second-order valence-corrected chi connectivity index (χ2v) is 6.08. The third-order valence-corrected chi connectivity index (χ3v) is 4.22. The van der Waals surface area contributed by atoms with Gasteiger partial charge in [-0.15, -0.1) is 0 Å². The molecule has 0 radical (unpaired) electrons. The Kier molecular flexibility index (Phi) is 3.67. The predicted molar refractivity (Wildman–Crippen MR) is 81.0 cm³/mol. The maximum Gasteiger partial charge on any atom is 0.0575 e. The molecule has 0 spiro atoms. The summed E-state index contributed by atoms with van der Waals surface area (Å²) in [6.45, 7) is 0. The van der Waals surface area contributed by atoms with Gasteiger partial charge in [0.15, 0.2) is 0 Å². The Morgan fingerprint density at radius 2 is 2.00 bits per heavy atom. The van der Waals surface area contributed by atoms with Crippen molar-refractivity contribution in [1.82, 2.24) is 4.98 Å². The highest BCUT2D eigenvalue weighted by atomic mass is 79.9. The van der Waals surface area contributed by atoms with Gasteiger partial charge in [0.05, 0.1) is 11.7 Å². The Morgan fingerprint density at radius 3 is 2.79 bits per heavy atom. The molecule has 1 aromatic heterocycles. The second-order valence-electron chi connectivity index (χ2n) is 5.17. The first kappa shape index (κ1) is 12.8. The average Bonchev–Trinajstić information content (AvgIpc) is 2.87. The van der Waals surface area contributed by atoms with Crippen LogP contribution in [0.3, 0.4) is 0 Å². The normalized spacial score (nSPS) is 15.3. The standard InChI is InChI=1S/C16H17BrN2/c17-14-6-7-16(19-10-14)15(18)9-11-4-5-12-2-1-3-13(12)8-11/h4-8,10,15H,1-3,9,18H2. The summed E-state index contributed by atoms with van der Waals surface area (Å²) in [6, 6.07) is 10.7. The monoisotopic (exact) mass is 316 g/mol. The Bertz CT molecular complexity index is 578. The van der Waals surface area contributed by atoms with Crippen LogP contribution < -0.4 is 5.73 Å². The molecule has 1 aliphatic rings. The fourth-order valence-corrected chi connectivity index (χ4v) is 2.95. The molecule has 0 bridgehead atoms. The van der Waals surface area contributed by atoms with E-state index < -0.39 is 0 Å². The van der Waals surface area contributed by atoms with Gasteiger partial charge in [0, 0.05) is 10.7 Å². The number of nitrogens with zero attached hydrogens (tertiary/aromatic N) is 1. The van der Waals surface area contributed by atoms with Crippen molar-refractivity contribution < 1.29 is 0 Å². The van der Waals surface area contributed by atoms with Gasteiger partial charge in [-0.2, -0.15) is 0 Å². The SMILES string of the molecule is NC(Cc1ccc2c(c1)CCC2)c1ccc(Br)cn1. The lowest BCUT2D eigenvalue weighted by Crippen LogP contribution is -2.14. The molecular weight excluding hydrogens is 300 g/mol. The van der Waals surface area contributed by atoms with Gasteiger partial charge in [0.25, 0.3) is 0 Å². The minimum atomic E-state index is -0.0347. The van der Waals surface area contributed by atoms with Crippen LogP contribution in [-0.2, 0) is 19.3 Å². The first-order chi connectivity index (χ1) is 9.22.